The maximum absolute atomic E-state index is 13.5. The summed E-state index contributed by atoms with van der Waals surface area (Å²) in [7, 11) is 0. The number of phenols is 1. The van der Waals surface area contributed by atoms with Crippen molar-refractivity contribution in [1.82, 2.24) is 10.6 Å². The number of Topliss-reactive ketones (excluding diaryl/α,β-unsaturated/α-hetero) is 2. The Morgan fingerprint density at radius 2 is 0.945 bits per heavy atom. The number of rotatable bonds is 6. The Balaban J connectivity index is 0.000000451. The fourth-order valence-electron chi connectivity index (χ4n) is 6.56. The summed E-state index contributed by atoms with van der Waals surface area (Å²) in [6.45, 7) is 25.8. The first kappa shape index (κ1) is 45.3. The van der Waals surface area contributed by atoms with E-state index >= 15 is 0 Å². The van der Waals surface area contributed by atoms with E-state index in [0.717, 1.165) is 53.7 Å². The normalized spacial score (nSPS) is 20.9. The molecule has 1 radical (unpaired) electrons. The van der Waals surface area contributed by atoms with E-state index in [1.54, 1.807) is 24.3 Å². The average molecular weight is 792 g/mol. The molecule has 6 nitrogen and oxygen atoms in total. The van der Waals surface area contributed by atoms with Gasteiger partial charge in [-0.05, 0) is 94.2 Å². The molecule has 2 aromatic rings. The Morgan fingerprint density at radius 3 is 1.31 bits per heavy atom. The monoisotopic (exact) mass is 791 g/mol. The van der Waals surface area contributed by atoms with Gasteiger partial charge in [-0.1, -0.05) is 126 Å². The quantitative estimate of drug-likeness (QED) is 0.253. The molecule has 3 N–H and O–H groups in total. The standard InChI is InChI=1S/C36H54N2O2.C12H10O2.Co/c1-33(2,3)25-17-23(31(39)27(19-25)35(7,8)9)21-37-29-15-13-14-16-30(29)38-22-24-18-26(34(4,5)6)20-28(32(24)40)36(10,11)12;13-10-6-8-12(9-7-10)14-11-4-2-1-3-5-11;/h17-22,29-30,37-38H,13-16H2,1-12H3;1-9,13H;/b23-21-,24-22-;;/t29-,30-;;/m1../s1. The van der Waals surface area contributed by atoms with Gasteiger partial charge in [0.1, 0.15) is 17.2 Å². The number of nitrogens with one attached hydrogen (secondary N) is 2. The van der Waals surface area contributed by atoms with Crippen molar-refractivity contribution in [2.45, 2.75) is 121 Å². The van der Waals surface area contributed by atoms with E-state index in [-0.39, 0.29) is 67.8 Å². The Labute approximate surface area is 341 Å². The van der Waals surface area contributed by atoms with Crippen molar-refractivity contribution in [1.29, 1.82) is 0 Å². The molecule has 0 unspecified atom stereocenters. The fraction of sp³-hybridized carbons (Fsp3) is 0.458. The molecular formula is C48H64CoN2O4. The summed E-state index contributed by atoms with van der Waals surface area (Å²) in [5.74, 6) is 1.95. The van der Waals surface area contributed by atoms with Crippen LogP contribution in [0.3, 0.4) is 0 Å². The van der Waals surface area contributed by atoms with Crippen molar-refractivity contribution in [2.24, 2.45) is 21.7 Å². The summed E-state index contributed by atoms with van der Waals surface area (Å²) < 4.78 is 5.52. The molecule has 1 saturated carbocycles. The first-order chi connectivity index (χ1) is 25.0. The molecule has 2 aromatic carbocycles. The Hall–Kier alpha value is -4.07. The van der Waals surface area contributed by atoms with Gasteiger partial charge in [-0.3, -0.25) is 9.59 Å². The molecular weight excluding hydrogens is 727 g/mol. The number of para-hydroxylation sites is 1. The van der Waals surface area contributed by atoms with Gasteiger partial charge in [0.2, 0.25) is 0 Å². The molecule has 5 rings (SSSR count). The summed E-state index contributed by atoms with van der Waals surface area (Å²) in [6.07, 6.45) is 16.5. The maximum atomic E-state index is 13.5. The van der Waals surface area contributed by atoms with E-state index < -0.39 is 0 Å². The van der Waals surface area contributed by atoms with Crippen molar-refractivity contribution >= 4 is 11.6 Å². The zero-order valence-electron chi connectivity index (χ0n) is 35.1. The summed E-state index contributed by atoms with van der Waals surface area (Å²) >= 11 is 0. The van der Waals surface area contributed by atoms with Crippen molar-refractivity contribution in [3.05, 3.63) is 125 Å². The third-order valence-electron chi connectivity index (χ3n) is 10.1. The predicted molar refractivity (Wildman–Crippen MR) is 223 cm³/mol. The Morgan fingerprint density at radius 1 is 0.564 bits per heavy atom. The minimum atomic E-state index is -0.228. The van der Waals surface area contributed by atoms with Crippen molar-refractivity contribution in [3.8, 4) is 17.2 Å². The molecule has 2 atom stereocenters. The topological polar surface area (TPSA) is 87.7 Å². The number of hydrogen-bond acceptors (Lipinski definition) is 6. The summed E-state index contributed by atoms with van der Waals surface area (Å²) in [6, 6.07) is 16.5. The molecule has 0 saturated heterocycles. The van der Waals surface area contributed by atoms with Crippen molar-refractivity contribution in [2.75, 3.05) is 0 Å². The van der Waals surface area contributed by atoms with Gasteiger partial charge in [0.15, 0.2) is 11.6 Å². The van der Waals surface area contributed by atoms with Crippen LogP contribution in [-0.2, 0) is 26.4 Å². The molecule has 1 fully saturated rings. The van der Waals surface area contributed by atoms with Gasteiger partial charge in [-0.25, -0.2) is 0 Å². The van der Waals surface area contributed by atoms with Gasteiger partial charge in [0, 0.05) is 63.6 Å². The van der Waals surface area contributed by atoms with Crippen LogP contribution in [0.2, 0.25) is 0 Å². The number of ether oxygens (including phenoxy) is 1. The third-order valence-corrected chi connectivity index (χ3v) is 10.1. The van der Waals surface area contributed by atoms with Gasteiger partial charge in [0.25, 0.3) is 0 Å². The molecule has 0 bridgehead atoms. The molecule has 0 aliphatic heterocycles. The zero-order chi connectivity index (χ0) is 40.1. The van der Waals surface area contributed by atoms with Crippen LogP contribution >= 0.6 is 0 Å². The summed E-state index contributed by atoms with van der Waals surface area (Å²) in [4.78, 5) is 27.0. The first-order valence-corrected chi connectivity index (χ1v) is 19.5. The van der Waals surface area contributed by atoms with Crippen LogP contribution in [0.1, 0.15) is 109 Å². The second kappa shape index (κ2) is 18.2. The Bertz CT molecular complexity index is 1750. The molecule has 299 valence electrons. The number of allylic oxidation sites excluding steroid dienone is 10. The molecule has 7 heteroatoms. The third kappa shape index (κ3) is 12.7. The molecule has 0 spiro atoms. The van der Waals surface area contributed by atoms with E-state index in [0.29, 0.717) is 5.75 Å². The number of ketones is 2. The van der Waals surface area contributed by atoms with Gasteiger partial charge in [-0.15, -0.1) is 0 Å². The Kier molecular flexibility index (Phi) is 15.0. The molecule has 0 heterocycles. The smallest absolute Gasteiger partial charge is 0.191 e. The van der Waals surface area contributed by atoms with Crippen LogP contribution in [-0.4, -0.2) is 28.8 Å². The number of phenolic OH excluding ortho intramolecular Hbond substituents is 1. The van der Waals surface area contributed by atoms with Crippen molar-refractivity contribution < 1.29 is 36.2 Å². The van der Waals surface area contributed by atoms with E-state index in [1.165, 1.54) is 11.1 Å². The average Bonchev–Trinajstić information content (AvgIpc) is 3.07. The summed E-state index contributed by atoms with van der Waals surface area (Å²) in [5.41, 5.74) is 4.95. The number of carbonyl (C=O) groups excluding carboxylic acids is 2. The second-order valence-electron chi connectivity index (χ2n) is 18.9. The van der Waals surface area contributed by atoms with E-state index in [4.69, 9.17) is 9.84 Å². The number of benzene rings is 2. The first-order valence-electron chi connectivity index (χ1n) is 19.5. The second-order valence-corrected chi connectivity index (χ2v) is 18.9. The van der Waals surface area contributed by atoms with Crippen LogP contribution in [0.15, 0.2) is 125 Å². The minimum Gasteiger partial charge on any atom is -0.508 e. The van der Waals surface area contributed by atoms with E-state index in [9.17, 15) is 9.59 Å². The number of hydrogen-bond donors (Lipinski definition) is 3. The molecule has 3 aliphatic carbocycles. The van der Waals surface area contributed by atoms with Crippen LogP contribution in [0.25, 0.3) is 0 Å². The summed E-state index contributed by atoms with van der Waals surface area (Å²) in [5, 5.41) is 16.3. The van der Waals surface area contributed by atoms with Crippen LogP contribution in [0, 0.1) is 21.7 Å². The maximum Gasteiger partial charge on any atom is 0.191 e. The molecule has 55 heavy (non-hydrogen) atoms. The van der Waals surface area contributed by atoms with Gasteiger partial charge >= 0.3 is 0 Å². The largest absolute Gasteiger partial charge is 0.508 e. The van der Waals surface area contributed by atoms with E-state index in [2.05, 4.69) is 118 Å². The van der Waals surface area contributed by atoms with Crippen LogP contribution in [0.5, 0.6) is 17.2 Å². The van der Waals surface area contributed by atoms with Crippen LogP contribution < -0.4 is 15.4 Å². The van der Waals surface area contributed by atoms with Crippen LogP contribution in [0.4, 0.5) is 0 Å². The fourth-order valence-corrected chi connectivity index (χ4v) is 6.56. The predicted octanol–water partition coefficient (Wildman–Crippen LogP) is 11.5. The van der Waals surface area contributed by atoms with Gasteiger partial charge < -0.3 is 20.5 Å². The van der Waals surface area contributed by atoms with Gasteiger partial charge in [0.05, 0.1) is 0 Å². The van der Waals surface area contributed by atoms with Crippen molar-refractivity contribution in [3.63, 3.8) is 0 Å². The zero-order valence-corrected chi connectivity index (χ0v) is 36.2. The number of carbonyl (C=O) groups is 2. The molecule has 0 aromatic heterocycles. The van der Waals surface area contributed by atoms with E-state index in [1.807, 2.05) is 42.7 Å². The molecule has 3 aliphatic rings. The SMILES string of the molecule is CC(C)(C)C1=C/C(=C/N[C@@H]2CCCC[C@H]2N/C=C2/C=C(C(C)(C)C)C=C(C(C)(C)C)C2=O)C(=O)C(C(C)(C)C)=C1.Oc1ccc(Oc2ccccc2)cc1.[Co]. The van der Waals surface area contributed by atoms with Gasteiger partial charge in [-0.2, -0.15) is 0 Å². The minimum absolute atomic E-state index is 0. The molecule has 0 amide bonds. The number of aromatic hydroxyl groups is 1.